The molecule has 0 spiro atoms. The van der Waals surface area contributed by atoms with E-state index in [9.17, 15) is 9.59 Å². The highest BCUT2D eigenvalue weighted by molar-refractivity contribution is 5.73. The van der Waals surface area contributed by atoms with Crippen molar-refractivity contribution >= 4 is 11.9 Å². The Morgan fingerprint density at radius 3 is 1.83 bits per heavy atom. The van der Waals surface area contributed by atoms with Crippen LogP contribution in [0.5, 0.6) is 0 Å². The molecule has 0 aromatic carbocycles. The largest absolute Gasteiger partial charge is 0.461 e. The van der Waals surface area contributed by atoms with Gasteiger partial charge in [0.2, 0.25) is 0 Å². The summed E-state index contributed by atoms with van der Waals surface area (Å²) in [5, 5.41) is 0. The Bertz CT molecular complexity index is 493. The number of esters is 2. The first-order chi connectivity index (χ1) is 13.6. The Balaban J connectivity index is 2.55. The first kappa shape index (κ1) is 26.0. The summed E-state index contributed by atoms with van der Waals surface area (Å²) in [5.41, 5.74) is -0.724. The van der Waals surface area contributed by atoms with Gasteiger partial charge in [-0.2, -0.15) is 0 Å². The van der Waals surface area contributed by atoms with E-state index in [1.54, 1.807) is 0 Å². The molecule has 0 aromatic heterocycles. The van der Waals surface area contributed by atoms with Gasteiger partial charge in [0, 0.05) is 17.3 Å². The van der Waals surface area contributed by atoms with Crippen molar-refractivity contribution in [2.24, 2.45) is 16.7 Å². The maximum Gasteiger partial charge on any atom is 0.309 e. The van der Waals surface area contributed by atoms with Crippen LogP contribution in [0.25, 0.3) is 0 Å². The van der Waals surface area contributed by atoms with Gasteiger partial charge in [-0.05, 0) is 19.3 Å². The van der Waals surface area contributed by atoms with Crippen LogP contribution in [0.15, 0.2) is 0 Å². The lowest BCUT2D eigenvalue weighted by Crippen LogP contribution is -2.70. The molecule has 1 atom stereocenters. The van der Waals surface area contributed by atoms with Gasteiger partial charge in [-0.3, -0.25) is 9.59 Å². The third kappa shape index (κ3) is 7.00. The Morgan fingerprint density at radius 2 is 1.28 bits per heavy atom. The lowest BCUT2D eigenvalue weighted by molar-refractivity contribution is -0.269. The number of hydrogen-bond acceptors (Lipinski definition) is 4. The monoisotopic (exact) mass is 410 g/mol. The molecule has 0 amide bonds. The van der Waals surface area contributed by atoms with Gasteiger partial charge < -0.3 is 9.47 Å². The third-order valence-corrected chi connectivity index (χ3v) is 6.65. The zero-order valence-corrected chi connectivity index (χ0v) is 20.1. The van der Waals surface area contributed by atoms with Crippen LogP contribution in [0, 0.1) is 16.7 Å². The number of rotatable bonds is 14. The van der Waals surface area contributed by atoms with Crippen molar-refractivity contribution in [1.29, 1.82) is 0 Å². The fraction of sp³-hybridized carbons (Fsp3) is 0.920. The summed E-state index contributed by atoms with van der Waals surface area (Å²) < 4.78 is 11.9. The van der Waals surface area contributed by atoms with Crippen LogP contribution >= 0.6 is 0 Å². The molecular formula is C25H46O4. The molecule has 0 aromatic rings. The summed E-state index contributed by atoms with van der Waals surface area (Å²) in [5.74, 6) is -0.245. The summed E-state index contributed by atoms with van der Waals surface area (Å²) in [7, 11) is 0. The lowest BCUT2D eigenvalue weighted by Gasteiger charge is -2.61. The van der Waals surface area contributed by atoms with Crippen LogP contribution in [-0.2, 0) is 19.1 Å². The molecule has 0 bridgehead atoms. The van der Waals surface area contributed by atoms with Crippen LogP contribution < -0.4 is 0 Å². The molecule has 170 valence electrons. The van der Waals surface area contributed by atoms with E-state index in [1.807, 2.05) is 34.6 Å². The molecule has 1 saturated carbocycles. The molecule has 1 aliphatic carbocycles. The predicted octanol–water partition coefficient (Wildman–Crippen LogP) is 6.84. The molecule has 1 aliphatic rings. The van der Waals surface area contributed by atoms with Crippen molar-refractivity contribution in [1.82, 2.24) is 0 Å². The van der Waals surface area contributed by atoms with Crippen LogP contribution in [-0.4, -0.2) is 24.1 Å². The van der Waals surface area contributed by atoms with Crippen LogP contribution in [0.2, 0.25) is 0 Å². The van der Waals surface area contributed by atoms with E-state index in [0.29, 0.717) is 6.42 Å². The normalized spacial score (nSPS) is 23.1. The second-order valence-corrected chi connectivity index (χ2v) is 10.1. The SMILES string of the molecule is CCCCCCCCC(=O)OC1C(C)(C)C(OC(=O)C(CC)CCCC)C1(C)C. The highest BCUT2D eigenvalue weighted by atomic mass is 16.6. The molecule has 0 aliphatic heterocycles. The van der Waals surface area contributed by atoms with E-state index in [-0.39, 0.29) is 40.9 Å². The van der Waals surface area contributed by atoms with Gasteiger partial charge in [-0.1, -0.05) is 93.4 Å². The lowest BCUT2D eigenvalue weighted by atomic mass is 9.51. The molecule has 0 N–H and O–H groups in total. The van der Waals surface area contributed by atoms with Gasteiger partial charge in [-0.25, -0.2) is 0 Å². The summed E-state index contributed by atoms with van der Waals surface area (Å²) in [6.07, 6.45) is 10.8. The predicted molar refractivity (Wildman–Crippen MR) is 119 cm³/mol. The van der Waals surface area contributed by atoms with Crippen molar-refractivity contribution in [3.05, 3.63) is 0 Å². The Labute approximate surface area is 179 Å². The summed E-state index contributed by atoms with van der Waals surface area (Å²) in [6, 6.07) is 0. The molecule has 0 saturated heterocycles. The van der Waals surface area contributed by atoms with Crippen LogP contribution in [0.1, 0.15) is 119 Å². The van der Waals surface area contributed by atoms with E-state index < -0.39 is 0 Å². The zero-order valence-electron chi connectivity index (χ0n) is 20.1. The standard InChI is InChI=1S/C25H46O4/c1-8-11-13-14-15-16-18-20(26)28-22-24(4,5)23(25(22,6)7)29-21(27)19(10-3)17-12-9-2/h19,22-23H,8-18H2,1-7H3. The summed E-state index contributed by atoms with van der Waals surface area (Å²) in [4.78, 5) is 25.1. The van der Waals surface area contributed by atoms with E-state index in [1.165, 1.54) is 25.7 Å². The Hall–Kier alpha value is -1.06. The molecule has 4 nitrogen and oxygen atoms in total. The fourth-order valence-corrected chi connectivity index (χ4v) is 5.10. The highest BCUT2D eigenvalue weighted by Gasteiger charge is 2.66. The van der Waals surface area contributed by atoms with Gasteiger partial charge >= 0.3 is 11.9 Å². The van der Waals surface area contributed by atoms with E-state index in [0.717, 1.165) is 38.5 Å². The molecule has 1 fully saturated rings. The first-order valence-electron chi connectivity index (χ1n) is 12.0. The molecule has 1 unspecified atom stereocenters. The van der Waals surface area contributed by atoms with Crippen LogP contribution in [0.4, 0.5) is 0 Å². The number of unbranched alkanes of at least 4 members (excludes halogenated alkanes) is 6. The highest BCUT2D eigenvalue weighted by Crippen LogP contribution is 2.57. The number of ether oxygens (including phenoxy) is 2. The topological polar surface area (TPSA) is 52.6 Å². The number of carbonyl (C=O) groups is 2. The van der Waals surface area contributed by atoms with Gasteiger partial charge in [0.15, 0.2) is 0 Å². The van der Waals surface area contributed by atoms with Gasteiger partial charge in [0.05, 0.1) is 5.92 Å². The van der Waals surface area contributed by atoms with Crippen LogP contribution in [0.3, 0.4) is 0 Å². The minimum atomic E-state index is -0.362. The van der Waals surface area contributed by atoms with Crippen molar-refractivity contribution in [2.45, 2.75) is 131 Å². The van der Waals surface area contributed by atoms with Crippen molar-refractivity contribution in [3.63, 3.8) is 0 Å². The van der Waals surface area contributed by atoms with Gasteiger partial charge in [0.25, 0.3) is 0 Å². The van der Waals surface area contributed by atoms with E-state index in [4.69, 9.17) is 9.47 Å². The minimum absolute atomic E-state index is 0.0316. The quantitative estimate of drug-likeness (QED) is 0.232. The van der Waals surface area contributed by atoms with E-state index >= 15 is 0 Å². The van der Waals surface area contributed by atoms with Gasteiger partial charge in [0.1, 0.15) is 12.2 Å². The fourth-order valence-electron chi connectivity index (χ4n) is 5.10. The molecule has 1 rings (SSSR count). The summed E-state index contributed by atoms with van der Waals surface area (Å²) in [6.45, 7) is 14.6. The second kappa shape index (κ2) is 12.0. The smallest absolute Gasteiger partial charge is 0.309 e. The molecule has 29 heavy (non-hydrogen) atoms. The third-order valence-electron chi connectivity index (χ3n) is 6.65. The second-order valence-electron chi connectivity index (χ2n) is 10.1. The van der Waals surface area contributed by atoms with Crippen molar-refractivity contribution in [3.8, 4) is 0 Å². The van der Waals surface area contributed by atoms with Crippen molar-refractivity contribution in [2.75, 3.05) is 0 Å². The Morgan fingerprint density at radius 1 is 0.759 bits per heavy atom. The zero-order chi connectivity index (χ0) is 22.1. The average molecular weight is 411 g/mol. The molecule has 0 radical (unpaired) electrons. The maximum absolute atomic E-state index is 12.7. The van der Waals surface area contributed by atoms with Crippen molar-refractivity contribution < 1.29 is 19.1 Å². The average Bonchev–Trinajstić information content (AvgIpc) is 2.67. The molecule has 4 heteroatoms. The van der Waals surface area contributed by atoms with E-state index in [2.05, 4.69) is 13.8 Å². The number of hydrogen-bond donors (Lipinski definition) is 0. The maximum atomic E-state index is 12.7. The first-order valence-corrected chi connectivity index (χ1v) is 12.0. The molecule has 0 heterocycles. The van der Waals surface area contributed by atoms with Gasteiger partial charge in [-0.15, -0.1) is 0 Å². The summed E-state index contributed by atoms with van der Waals surface area (Å²) >= 11 is 0. The minimum Gasteiger partial charge on any atom is -0.461 e. The molecular weight excluding hydrogens is 364 g/mol. The number of carbonyl (C=O) groups excluding carboxylic acids is 2. The Kier molecular flexibility index (Phi) is 10.7.